The van der Waals surface area contributed by atoms with E-state index in [0.717, 1.165) is 16.3 Å². The van der Waals surface area contributed by atoms with E-state index in [4.69, 9.17) is 0 Å². The summed E-state index contributed by atoms with van der Waals surface area (Å²) in [7, 11) is 0. The molecule has 0 saturated heterocycles. The number of Topliss-reactive ketones (excluding diaryl/α,β-unsaturated/α-hetero) is 1. The van der Waals surface area contributed by atoms with Crippen LogP contribution < -0.4 is 5.32 Å². The normalized spacial score (nSPS) is 9.58. The Morgan fingerprint density at radius 3 is 2.27 bits per heavy atom. The Morgan fingerprint density at radius 2 is 1.65 bits per heavy atom. The number of nitrogens with zero attached hydrogens (tertiary/aromatic N) is 2. The first-order valence-corrected chi connectivity index (χ1v) is 8.65. The molecule has 1 heterocycles. The maximum Gasteiger partial charge on any atom is 0.208 e. The summed E-state index contributed by atoms with van der Waals surface area (Å²) in [6, 6.07) is 25.4. The molecule has 138 valence electrons. The molecule has 0 atom stereocenters. The number of hydrogen-bond donors (Lipinski definition) is 1. The summed E-state index contributed by atoms with van der Waals surface area (Å²) in [5.41, 5.74) is 2.47. The molecule has 0 aliphatic rings. The zero-order chi connectivity index (χ0) is 17.5. The molecule has 6 heteroatoms. The summed E-state index contributed by atoms with van der Waals surface area (Å²) in [5.74, 6) is 0.0327. The minimum absolute atomic E-state index is 0. The van der Waals surface area contributed by atoms with Crippen molar-refractivity contribution >= 4 is 27.9 Å². The van der Waals surface area contributed by atoms with Crippen molar-refractivity contribution in [1.82, 2.24) is 10.2 Å². The molecule has 0 radical (unpaired) electrons. The Hall–Kier alpha value is -2.53. The summed E-state index contributed by atoms with van der Waals surface area (Å²) >= 11 is 1.46. The van der Waals surface area contributed by atoms with Crippen LogP contribution in [-0.4, -0.2) is 16.0 Å². The van der Waals surface area contributed by atoms with Gasteiger partial charge in [-0.05, 0) is 6.92 Å². The molecule has 26 heavy (non-hydrogen) atoms. The second kappa shape index (κ2) is 9.82. The van der Waals surface area contributed by atoms with Gasteiger partial charge in [-0.25, -0.2) is 6.07 Å². The minimum atomic E-state index is 0. The van der Waals surface area contributed by atoms with Crippen LogP contribution in [0.1, 0.15) is 17.3 Å². The van der Waals surface area contributed by atoms with Crippen molar-refractivity contribution in [2.75, 3.05) is 5.32 Å². The largest absolute Gasteiger partial charge is 0.748 e. The first-order chi connectivity index (χ1) is 12.2. The average molecular weight is 403 g/mol. The Labute approximate surface area is 167 Å². The monoisotopic (exact) mass is 403 g/mol. The second-order valence-electron chi connectivity index (χ2n) is 5.27. The molecular formula is C20H17FeN3OS-6. The summed E-state index contributed by atoms with van der Waals surface area (Å²) < 4.78 is 0. The molecule has 0 bridgehead atoms. The first kappa shape index (κ1) is 19.8. The van der Waals surface area contributed by atoms with Gasteiger partial charge >= 0.3 is 0 Å². The quantitative estimate of drug-likeness (QED) is 0.286. The summed E-state index contributed by atoms with van der Waals surface area (Å²) in [5, 5.41) is 13.0. The molecule has 1 N–H and O–H groups in total. The number of aromatic nitrogens is 2. The number of anilines is 2. The molecule has 4 rings (SSSR count). The van der Waals surface area contributed by atoms with E-state index in [0.29, 0.717) is 10.7 Å². The fraction of sp³-hybridized carbons (Fsp3) is 0.0500. The van der Waals surface area contributed by atoms with Gasteiger partial charge in [0, 0.05) is 22.6 Å². The second-order valence-corrected chi connectivity index (χ2v) is 6.25. The Morgan fingerprint density at radius 1 is 1.00 bits per heavy atom. The number of benzene rings is 1. The van der Waals surface area contributed by atoms with Gasteiger partial charge in [-0.15, -0.1) is 10.2 Å². The maximum atomic E-state index is 11.5. The zero-order valence-electron chi connectivity index (χ0n) is 14.1. The van der Waals surface area contributed by atoms with Crippen LogP contribution in [0.2, 0.25) is 0 Å². The van der Waals surface area contributed by atoms with E-state index >= 15 is 0 Å². The molecule has 0 spiro atoms. The number of rotatable bonds is 4. The number of carbonyl (C=O) groups is 1. The molecule has 0 aliphatic carbocycles. The third-order valence-corrected chi connectivity index (χ3v) is 4.33. The molecule has 4 nitrogen and oxygen atoms in total. The fourth-order valence-electron chi connectivity index (χ4n) is 2.24. The van der Waals surface area contributed by atoms with Crippen molar-refractivity contribution in [3.05, 3.63) is 84.4 Å². The van der Waals surface area contributed by atoms with Gasteiger partial charge in [-0.2, -0.15) is 12.1 Å². The summed E-state index contributed by atoms with van der Waals surface area (Å²) in [6.45, 7) is 1.55. The third kappa shape index (κ3) is 5.23. The predicted molar refractivity (Wildman–Crippen MR) is 103 cm³/mol. The number of nitrogens with one attached hydrogen (secondary N) is 1. The Kier molecular flexibility index (Phi) is 7.48. The van der Waals surface area contributed by atoms with Crippen LogP contribution in [0.3, 0.4) is 0 Å². The van der Waals surface area contributed by atoms with E-state index in [1.165, 1.54) is 11.3 Å². The van der Waals surface area contributed by atoms with Crippen molar-refractivity contribution < 1.29 is 21.9 Å². The van der Waals surface area contributed by atoms with Gasteiger partial charge in [0.25, 0.3) is 0 Å². The van der Waals surface area contributed by atoms with Crippen LogP contribution in [0, 0.1) is 0 Å². The van der Waals surface area contributed by atoms with Crippen LogP contribution in [0.5, 0.6) is 0 Å². The third-order valence-electron chi connectivity index (χ3n) is 3.44. The minimum Gasteiger partial charge on any atom is -0.748 e. The molecule has 3 aromatic carbocycles. The Bertz CT molecular complexity index is 896. The molecule has 0 saturated carbocycles. The smallest absolute Gasteiger partial charge is 0.208 e. The number of ketones is 1. The van der Waals surface area contributed by atoms with Crippen molar-refractivity contribution in [2.45, 2.75) is 6.92 Å². The molecule has 1 aromatic heterocycles. The van der Waals surface area contributed by atoms with Gasteiger partial charge in [0.1, 0.15) is 10.8 Å². The maximum absolute atomic E-state index is 11.5. The molecule has 0 fully saturated rings. The van der Waals surface area contributed by atoms with Gasteiger partial charge in [-0.3, -0.25) is 0 Å². The SMILES string of the molecule is CC(=O)[c-]1cccc1Nc1nnc(-c2ccccc2)s1.[Fe].[cH-]1[cH-][cH-][cH-][cH-]1. The van der Waals surface area contributed by atoms with Crippen LogP contribution in [0.15, 0.2) is 78.9 Å². The standard InChI is InChI=1S/C15H12N3OS.C5H5.Fe/c1-10(19)12-8-5-9-13(12)16-15-18-17-14(20-15)11-6-3-2-4-7-11;1-2-4-5-3-1;/h2-9H,1H3,(H,16,18);1-5H;/q-1;-5;. The van der Waals surface area contributed by atoms with Gasteiger partial charge < -0.3 is 40.4 Å². The van der Waals surface area contributed by atoms with Gasteiger partial charge in [0.2, 0.25) is 5.13 Å². The van der Waals surface area contributed by atoms with E-state index in [1.807, 2.05) is 72.8 Å². The van der Waals surface area contributed by atoms with Crippen molar-refractivity contribution in [2.24, 2.45) is 0 Å². The van der Waals surface area contributed by atoms with Crippen LogP contribution >= 0.6 is 11.3 Å². The van der Waals surface area contributed by atoms with E-state index in [2.05, 4.69) is 15.5 Å². The number of hydrogen-bond acceptors (Lipinski definition) is 5. The van der Waals surface area contributed by atoms with E-state index in [1.54, 1.807) is 13.0 Å². The Balaban J connectivity index is 0.000000351. The summed E-state index contributed by atoms with van der Waals surface area (Å²) in [6.07, 6.45) is 0. The van der Waals surface area contributed by atoms with Gasteiger partial charge in [0.05, 0.1) is 0 Å². The molecule has 0 aliphatic heterocycles. The predicted octanol–water partition coefficient (Wildman–Crippen LogP) is 5.27. The van der Waals surface area contributed by atoms with E-state index in [9.17, 15) is 4.79 Å². The van der Waals surface area contributed by atoms with Crippen molar-refractivity contribution in [1.29, 1.82) is 0 Å². The number of carbonyl (C=O) groups excluding carboxylic acids is 1. The molecule has 0 amide bonds. The molecular weight excluding hydrogens is 386 g/mol. The van der Waals surface area contributed by atoms with E-state index < -0.39 is 0 Å². The van der Waals surface area contributed by atoms with E-state index in [-0.39, 0.29) is 22.9 Å². The first-order valence-electron chi connectivity index (χ1n) is 7.83. The van der Waals surface area contributed by atoms with Crippen LogP contribution in [0.4, 0.5) is 10.8 Å². The van der Waals surface area contributed by atoms with Gasteiger partial charge in [0.15, 0.2) is 0 Å². The molecule has 0 unspecified atom stereocenters. The average Bonchev–Trinajstić information content (AvgIpc) is 3.39. The fourth-order valence-corrected chi connectivity index (χ4v) is 3.00. The van der Waals surface area contributed by atoms with Gasteiger partial charge in [-0.1, -0.05) is 52.9 Å². The topological polar surface area (TPSA) is 54.9 Å². The van der Waals surface area contributed by atoms with Crippen LogP contribution in [-0.2, 0) is 17.1 Å². The van der Waals surface area contributed by atoms with Crippen LogP contribution in [0.25, 0.3) is 10.6 Å². The zero-order valence-corrected chi connectivity index (χ0v) is 16.0. The molecule has 4 aromatic rings. The van der Waals surface area contributed by atoms with Crippen molar-refractivity contribution in [3.8, 4) is 10.6 Å². The van der Waals surface area contributed by atoms with Crippen molar-refractivity contribution in [3.63, 3.8) is 0 Å². The summed E-state index contributed by atoms with van der Waals surface area (Å²) in [4.78, 5) is 11.5.